The van der Waals surface area contributed by atoms with Crippen molar-refractivity contribution in [3.63, 3.8) is 0 Å². The molecule has 0 bridgehead atoms. The Bertz CT molecular complexity index is 571. The second kappa shape index (κ2) is 5.60. The third-order valence-electron chi connectivity index (χ3n) is 3.11. The molecule has 0 fully saturated rings. The fourth-order valence-corrected chi connectivity index (χ4v) is 2.08. The van der Waals surface area contributed by atoms with Gasteiger partial charge in [-0.2, -0.15) is 0 Å². The molecule has 7 heteroatoms. The van der Waals surface area contributed by atoms with Crippen LogP contribution in [0.4, 0.5) is 4.79 Å². The lowest BCUT2D eigenvalue weighted by atomic mass is 10.1. The number of carboxylic acid groups (broad SMARTS) is 1. The summed E-state index contributed by atoms with van der Waals surface area (Å²) in [6.45, 7) is 0.984. The van der Waals surface area contributed by atoms with E-state index in [0.717, 1.165) is 11.1 Å². The second-order valence-corrected chi connectivity index (χ2v) is 4.59. The Morgan fingerprint density at radius 2 is 1.95 bits per heavy atom. The molecule has 1 aliphatic rings. The summed E-state index contributed by atoms with van der Waals surface area (Å²) in [4.78, 5) is 34.9. The largest absolute Gasteiger partial charge is 0.478 e. The van der Waals surface area contributed by atoms with Crippen LogP contribution in [-0.2, 0) is 17.9 Å². The van der Waals surface area contributed by atoms with Crippen LogP contribution in [0.3, 0.4) is 0 Å². The van der Waals surface area contributed by atoms with Crippen LogP contribution in [0.25, 0.3) is 0 Å². The number of nitrogens with two attached hydrogens (primary N) is 1. The molecule has 2 rings (SSSR count). The summed E-state index contributed by atoms with van der Waals surface area (Å²) in [6, 6.07) is 4.53. The van der Waals surface area contributed by atoms with E-state index >= 15 is 0 Å². The first-order valence-electron chi connectivity index (χ1n) is 6.13. The van der Waals surface area contributed by atoms with Crippen LogP contribution in [0, 0.1) is 0 Å². The fourth-order valence-electron chi connectivity index (χ4n) is 2.08. The molecule has 0 unspecified atom stereocenters. The summed E-state index contributed by atoms with van der Waals surface area (Å²) >= 11 is 0. The first kappa shape index (κ1) is 13.9. The van der Waals surface area contributed by atoms with Gasteiger partial charge < -0.3 is 21.1 Å². The molecular weight excluding hydrogens is 262 g/mol. The molecule has 1 aliphatic heterocycles. The molecule has 0 aromatic heterocycles. The lowest BCUT2D eigenvalue weighted by Gasteiger charge is -2.15. The molecule has 0 spiro atoms. The summed E-state index contributed by atoms with van der Waals surface area (Å²) in [6.07, 6.45) is 0.0929. The van der Waals surface area contributed by atoms with Gasteiger partial charge >= 0.3 is 12.0 Å². The highest BCUT2D eigenvalue weighted by Crippen LogP contribution is 2.23. The van der Waals surface area contributed by atoms with Gasteiger partial charge in [-0.25, -0.2) is 9.59 Å². The van der Waals surface area contributed by atoms with Crippen molar-refractivity contribution in [3.8, 4) is 0 Å². The molecule has 0 atom stereocenters. The SMILES string of the molecule is NC(=O)CCNC(=O)N1Cc2ccc(C(=O)O)cc2C1. The van der Waals surface area contributed by atoms with Gasteiger partial charge in [0.1, 0.15) is 0 Å². The van der Waals surface area contributed by atoms with Crippen molar-refractivity contribution in [2.24, 2.45) is 5.73 Å². The maximum absolute atomic E-state index is 11.9. The molecule has 7 nitrogen and oxygen atoms in total. The molecule has 20 heavy (non-hydrogen) atoms. The molecule has 4 N–H and O–H groups in total. The summed E-state index contributed by atoms with van der Waals surface area (Å²) < 4.78 is 0. The Balaban J connectivity index is 1.96. The van der Waals surface area contributed by atoms with Crippen LogP contribution in [0.1, 0.15) is 27.9 Å². The second-order valence-electron chi connectivity index (χ2n) is 4.59. The van der Waals surface area contributed by atoms with E-state index in [-0.39, 0.29) is 24.6 Å². The summed E-state index contributed by atoms with van der Waals surface area (Å²) in [5.74, 6) is -1.46. The highest BCUT2D eigenvalue weighted by molar-refractivity contribution is 5.88. The Hall–Kier alpha value is -2.57. The molecular formula is C13H15N3O4. The number of urea groups is 1. The zero-order valence-electron chi connectivity index (χ0n) is 10.8. The van der Waals surface area contributed by atoms with Gasteiger partial charge in [-0.05, 0) is 23.3 Å². The Kier molecular flexibility index (Phi) is 3.88. The minimum absolute atomic E-state index is 0.0929. The molecule has 106 valence electrons. The van der Waals surface area contributed by atoms with Gasteiger partial charge in [0, 0.05) is 26.1 Å². The quantitative estimate of drug-likeness (QED) is 0.733. The maximum atomic E-state index is 11.9. The van der Waals surface area contributed by atoms with E-state index in [4.69, 9.17) is 10.8 Å². The van der Waals surface area contributed by atoms with E-state index in [1.54, 1.807) is 17.0 Å². The van der Waals surface area contributed by atoms with Gasteiger partial charge in [-0.15, -0.1) is 0 Å². The number of hydrogen-bond donors (Lipinski definition) is 3. The summed E-state index contributed by atoms with van der Waals surface area (Å²) in [5, 5.41) is 11.5. The maximum Gasteiger partial charge on any atom is 0.335 e. The van der Waals surface area contributed by atoms with Gasteiger partial charge in [0.2, 0.25) is 5.91 Å². The van der Waals surface area contributed by atoms with Gasteiger partial charge in [0.15, 0.2) is 0 Å². The zero-order valence-corrected chi connectivity index (χ0v) is 10.8. The van der Waals surface area contributed by atoms with Crippen LogP contribution >= 0.6 is 0 Å². The molecule has 0 saturated carbocycles. The first-order chi connectivity index (χ1) is 9.47. The van der Waals surface area contributed by atoms with E-state index in [9.17, 15) is 14.4 Å². The standard InChI is InChI=1S/C13H15N3O4/c14-11(17)3-4-15-13(20)16-6-9-2-1-8(12(18)19)5-10(9)7-16/h1-2,5H,3-4,6-7H2,(H2,14,17)(H,15,20)(H,18,19). The minimum Gasteiger partial charge on any atom is -0.478 e. The van der Waals surface area contributed by atoms with Crippen LogP contribution in [-0.4, -0.2) is 34.5 Å². The predicted molar refractivity (Wildman–Crippen MR) is 69.9 cm³/mol. The number of fused-ring (bicyclic) bond motifs is 1. The Morgan fingerprint density at radius 3 is 2.60 bits per heavy atom. The number of carboxylic acids is 1. The van der Waals surface area contributed by atoms with Crippen molar-refractivity contribution in [2.45, 2.75) is 19.5 Å². The molecule has 3 amide bonds. The van der Waals surface area contributed by atoms with Crippen molar-refractivity contribution in [1.82, 2.24) is 10.2 Å². The average Bonchev–Trinajstić information content (AvgIpc) is 2.80. The molecule has 1 heterocycles. The average molecular weight is 277 g/mol. The number of primary amides is 1. The number of benzene rings is 1. The van der Waals surface area contributed by atoms with Crippen molar-refractivity contribution in [1.29, 1.82) is 0 Å². The van der Waals surface area contributed by atoms with Gasteiger partial charge in [0.05, 0.1) is 5.56 Å². The minimum atomic E-state index is -0.989. The number of nitrogens with zero attached hydrogens (tertiary/aromatic N) is 1. The Morgan fingerprint density at radius 1 is 1.25 bits per heavy atom. The number of carbonyl (C=O) groups excluding carboxylic acids is 2. The number of carbonyl (C=O) groups is 3. The van der Waals surface area contributed by atoms with Crippen molar-refractivity contribution in [3.05, 3.63) is 34.9 Å². The molecule has 0 radical (unpaired) electrons. The van der Waals surface area contributed by atoms with Gasteiger partial charge in [-0.3, -0.25) is 4.79 Å². The van der Waals surface area contributed by atoms with Crippen LogP contribution in [0.2, 0.25) is 0 Å². The predicted octanol–water partition coefficient (Wildman–Crippen LogP) is 0.285. The number of hydrogen-bond acceptors (Lipinski definition) is 3. The summed E-state index contributed by atoms with van der Waals surface area (Å²) in [5.41, 5.74) is 6.95. The fraction of sp³-hybridized carbons (Fsp3) is 0.308. The topological polar surface area (TPSA) is 113 Å². The number of amides is 3. The van der Waals surface area contributed by atoms with Crippen LogP contribution in [0.15, 0.2) is 18.2 Å². The molecule has 1 aromatic rings. The van der Waals surface area contributed by atoms with E-state index in [1.807, 2.05) is 0 Å². The third kappa shape index (κ3) is 3.05. The lowest BCUT2D eigenvalue weighted by Crippen LogP contribution is -2.37. The van der Waals surface area contributed by atoms with Crippen molar-refractivity contribution < 1.29 is 19.5 Å². The van der Waals surface area contributed by atoms with E-state index in [1.165, 1.54) is 6.07 Å². The number of nitrogens with one attached hydrogen (secondary N) is 1. The highest BCUT2D eigenvalue weighted by Gasteiger charge is 2.23. The highest BCUT2D eigenvalue weighted by atomic mass is 16.4. The molecule has 0 aliphatic carbocycles. The van der Waals surface area contributed by atoms with Crippen molar-refractivity contribution >= 4 is 17.9 Å². The van der Waals surface area contributed by atoms with E-state index in [0.29, 0.717) is 13.1 Å². The number of rotatable bonds is 4. The zero-order chi connectivity index (χ0) is 14.7. The molecule has 0 saturated heterocycles. The monoisotopic (exact) mass is 277 g/mol. The number of aromatic carboxylic acids is 1. The molecule has 1 aromatic carbocycles. The normalized spacial score (nSPS) is 12.9. The van der Waals surface area contributed by atoms with Crippen molar-refractivity contribution in [2.75, 3.05) is 6.54 Å². The van der Waals surface area contributed by atoms with E-state index in [2.05, 4.69) is 5.32 Å². The van der Waals surface area contributed by atoms with Gasteiger partial charge in [-0.1, -0.05) is 6.07 Å². The smallest absolute Gasteiger partial charge is 0.335 e. The summed E-state index contributed by atoms with van der Waals surface area (Å²) in [7, 11) is 0. The van der Waals surface area contributed by atoms with Gasteiger partial charge in [0.25, 0.3) is 0 Å². The first-order valence-corrected chi connectivity index (χ1v) is 6.13. The van der Waals surface area contributed by atoms with Crippen LogP contribution in [0.5, 0.6) is 0 Å². The van der Waals surface area contributed by atoms with E-state index < -0.39 is 11.9 Å². The Labute approximate surface area is 115 Å². The third-order valence-corrected chi connectivity index (χ3v) is 3.11. The van der Waals surface area contributed by atoms with Crippen LogP contribution < -0.4 is 11.1 Å². The lowest BCUT2D eigenvalue weighted by molar-refractivity contribution is -0.117.